The molecule has 14 nitrogen and oxygen atoms in total. The van der Waals surface area contributed by atoms with Gasteiger partial charge in [0, 0.05) is 0 Å². The standard InChI is InChI=1S/C31H22N6O8/c1-15-21(27(39)32-25-23(15)29(41)36(34-25)18-8-6-17(7-9-18)31(43)44)4-3-5-22-16(2)24-26(33-28(22)40)35-37(30(24)42)19-10-12-20(13-11-19)45-14-38/h4-14H,1-2H3,(H,43,44)(H2,32,34,39)(H2,33,35,40). The van der Waals surface area contributed by atoms with Crippen LogP contribution in [0, 0.1) is 13.8 Å². The third kappa shape index (κ3) is 4.82. The van der Waals surface area contributed by atoms with E-state index in [0.29, 0.717) is 34.7 Å². The van der Waals surface area contributed by atoms with Crippen LogP contribution >= 0.6 is 0 Å². The number of ether oxygens (including phenoxy) is 1. The van der Waals surface area contributed by atoms with Gasteiger partial charge in [-0.2, -0.15) is 0 Å². The molecule has 4 heterocycles. The number of rotatable bonds is 7. The van der Waals surface area contributed by atoms with E-state index >= 15 is 0 Å². The Morgan fingerprint density at radius 1 is 0.756 bits per heavy atom. The number of hydrogen-bond acceptors (Lipinski definition) is 7. The van der Waals surface area contributed by atoms with Gasteiger partial charge in [0.05, 0.1) is 38.8 Å². The molecule has 14 heteroatoms. The van der Waals surface area contributed by atoms with E-state index < -0.39 is 28.2 Å². The third-order valence-electron chi connectivity index (χ3n) is 7.41. The molecule has 6 rings (SSSR count). The smallest absolute Gasteiger partial charge is 0.335 e. The fourth-order valence-corrected chi connectivity index (χ4v) is 5.12. The van der Waals surface area contributed by atoms with Gasteiger partial charge in [0.1, 0.15) is 17.0 Å². The number of aromatic carboxylic acids is 1. The van der Waals surface area contributed by atoms with Crippen LogP contribution in [0.15, 0.2) is 73.4 Å². The van der Waals surface area contributed by atoms with E-state index in [9.17, 15) is 28.8 Å². The molecule has 45 heavy (non-hydrogen) atoms. The van der Waals surface area contributed by atoms with Gasteiger partial charge in [-0.1, -0.05) is 0 Å². The van der Waals surface area contributed by atoms with Crippen LogP contribution in [0.25, 0.3) is 45.6 Å². The minimum absolute atomic E-state index is 0.0550. The fourth-order valence-electron chi connectivity index (χ4n) is 5.12. The lowest BCUT2D eigenvalue weighted by Crippen LogP contribution is -2.16. The molecule has 0 radical (unpaired) electrons. The van der Waals surface area contributed by atoms with E-state index in [1.54, 1.807) is 26.0 Å². The monoisotopic (exact) mass is 606 g/mol. The van der Waals surface area contributed by atoms with Crippen molar-refractivity contribution in [2.24, 2.45) is 0 Å². The molecule has 0 aliphatic rings. The number of carboxylic acid groups (broad SMARTS) is 1. The average Bonchev–Trinajstić information content (AvgIpc) is 3.52. The van der Waals surface area contributed by atoms with Crippen LogP contribution < -0.4 is 27.0 Å². The zero-order chi connectivity index (χ0) is 32.0. The molecule has 4 aromatic heterocycles. The van der Waals surface area contributed by atoms with Gasteiger partial charge >= 0.3 is 5.97 Å². The Balaban J connectivity index is 1.39. The predicted octanol–water partition coefficient (Wildman–Crippen LogP) is 2.50. The van der Waals surface area contributed by atoms with Gasteiger partial charge in [-0.3, -0.25) is 34.2 Å². The summed E-state index contributed by atoms with van der Waals surface area (Å²) in [6, 6.07) is 11.8. The Bertz CT molecular complexity index is 2480. The highest BCUT2D eigenvalue weighted by molar-refractivity contribution is 5.88. The van der Waals surface area contributed by atoms with Gasteiger partial charge in [-0.15, -0.1) is 5.73 Å². The molecule has 2 aromatic carbocycles. The highest BCUT2D eigenvalue weighted by atomic mass is 16.5. The zero-order valence-electron chi connectivity index (χ0n) is 23.6. The largest absolute Gasteiger partial charge is 0.478 e. The van der Waals surface area contributed by atoms with Crippen molar-refractivity contribution in [2.45, 2.75) is 13.8 Å². The molecule has 0 aliphatic carbocycles. The van der Waals surface area contributed by atoms with Crippen molar-refractivity contribution in [1.82, 2.24) is 29.5 Å². The van der Waals surface area contributed by atoms with Gasteiger partial charge in [0.2, 0.25) is 0 Å². The number of fused-ring (bicyclic) bond motifs is 2. The fraction of sp³-hybridized carbons (Fsp3) is 0.0645. The lowest BCUT2D eigenvalue weighted by atomic mass is 10.1. The minimum Gasteiger partial charge on any atom is -0.478 e. The van der Waals surface area contributed by atoms with Gasteiger partial charge in [-0.25, -0.2) is 14.2 Å². The van der Waals surface area contributed by atoms with Crippen LogP contribution in [-0.2, 0) is 4.79 Å². The second-order valence-electron chi connectivity index (χ2n) is 10.0. The Hall–Kier alpha value is -6.66. The maximum atomic E-state index is 13.3. The van der Waals surface area contributed by atoms with Crippen LogP contribution in [0.1, 0.15) is 32.6 Å². The average molecular weight is 607 g/mol. The summed E-state index contributed by atoms with van der Waals surface area (Å²) in [7, 11) is 0. The number of hydrogen-bond donors (Lipinski definition) is 5. The summed E-state index contributed by atoms with van der Waals surface area (Å²) in [5.41, 5.74) is 3.17. The summed E-state index contributed by atoms with van der Waals surface area (Å²) in [4.78, 5) is 79.5. The van der Waals surface area contributed by atoms with E-state index in [2.05, 4.69) is 25.9 Å². The first-order valence-corrected chi connectivity index (χ1v) is 13.3. The second kappa shape index (κ2) is 10.9. The van der Waals surface area contributed by atoms with E-state index in [0.717, 1.165) is 0 Å². The van der Waals surface area contributed by atoms with Crippen molar-refractivity contribution in [3.8, 4) is 17.1 Å². The van der Waals surface area contributed by atoms with Crippen molar-refractivity contribution in [1.29, 1.82) is 0 Å². The Morgan fingerprint density at radius 3 is 1.62 bits per heavy atom. The van der Waals surface area contributed by atoms with Gasteiger partial charge in [0.15, 0.2) is 0 Å². The predicted molar refractivity (Wildman–Crippen MR) is 165 cm³/mol. The number of nitrogens with zero attached hydrogens (tertiary/aromatic N) is 2. The van der Waals surface area contributed by atoms with E-state index in [4.69, 9.17) is 9.84 Å². The zero-order valence-corrected chi connectivity index (χ0v) is 23.6. The highest BCUT2D eigenvalue weighted by Gasteiger charge is 2.17. The molecule has 0 saturated heterocycles. The van der Waals surface area contributed by atoms with Crippen molar-refractivity contribution in [3.05, 3.63) is 123 Å². The SMILES string of the molecule is Cc1c(C=C=Cc2c(C)c3c(=O)n(-c4ccc(C(=O)O)cc4)[nH]c3[nH]c2=O)c(=O)[nH]c2[nH]n(-c3ccc(OC=O)cc3)c(=O)c12. The molecular weight excluding hydrogens is 584 g/mol. The number of benzene rings is 2. The molecule has 0 aliphatic heterocycles. The molecule has 6 aromatic rings. The molecule has 224 valence electrons. The molecule has 0 fully saturated rings. The van der Waals surface area contributed by atoms with Gasteiger partial charge < -0.3 is 19.8 Å². The highest BCUT2D eigenvalue weighted by Crippen LogP contribution is 2.19. The molecule has 0 unspecified atom stereocenters. The van der Waals surface area contributed by atoms with E-state index in [1.807, 2.05) is 0 Å². The molecule has 5 N–H and O–H groups in total. The van der Waals surface area contributed by atoms with Crippen molar-refractivity contribution in [3.63, 3.8) is 0 Å². The summed E-state index contributed by atoms with van der Waals surface area (Å²) in [6.45, 7) is 3.50. The number of pyridine rings is 2. The Kier molecular flexibility index (Phi) is 6.88. The number of aryl methyl sites for hydroxylation is 2. The van der Waals surface area contributed by atoms with Crippen LogP contribution in [-0.4, -0.2) is 47.1 Å². The Labute approximate surface area is 250 Å². The summed E-state index contributed by atoms with van der Waals surface area (Å²) in [5, 5.41) is 15.3. The third-order valence-corrected chi connectivity index (χ3v) is 7.41. The number of H-pyrrole nitrogens is 4. The molecular formula is C31H22N6O8. The van der Waals surface area contributed by atoms with E-state index in [-0.39, 0.29) is 38.8 Å². The van der Waals surface area contributed by atoms with Crippen LogP contribution in [0.3, 0.4) is 0 Å². The minimum atomic E-state index is -1.10. The maximum absolute atomic E-state index is 13.3. The lowest BCUT2D eigenvalue weighted by Gasteiger charge is -2.02. The van der Waals surface area contributed by atoms with Crippen LogP contribution in [0.2, 0.25) is 0 Å². The number of carbonyl (C=O) groups is 2. The molecule has 0 bridgehead atoms. The quantitative estimate of drug-likeness (QED) is 0.135. The summed E-state index contributed by atoms with van der Waals surface area (Å²) in [5.74, 6) is -0.809. The Morgan fingerprint density at radius 2 is 1.20 bits per heavy atom. The molecule has 0 saturated carbocycles. The summed E-state index contributed by atoms with van der Waals surface area (Å²) in [6.07, 6.45) is 2.69. The number of aromatic nitrogens is 6. The summed E-state index contributed by atoms with van der Waals surface area (Å²) >= 11 is 0. The maximum Gasteiger partial charge on any atom is 0.335 e. The number of carboxylic acids is 1. The van der Waals surface area contributed by atoms with Crippen LogP contribution in [0.5, 0.6) is 5.75 Å². The summed E-state index contributed by atoms with van der Waals surface area (Å²) < 4.78 is 7.21. The first kappa shape index (κ1) is 28.5. The molecule has 0 amide bonds. The van der Waals surface area contributed by atoms with Crippen molar-refractivity contribution in [2.75, 3.05) is 0 Å². The number of carbonyl (C=O) groups excluding carboxylic acids is 1. The first-order chi connectivity index (χ1) is 21.6. The molecule has 0 atom stereocenters. The first-order valence-electron chi connectivity index (χ1n) is 13.3. The lowest BCUT2D eigenvalue weighted by molar-refractivity contribution is -0.120. The normalized spacial score (nSPS) is 11.0. The van der Waals surface area contributed by atoms with Crippen molar-refractivity contribution < 1.29 is 19.4 Å². The molecule has 0 spiro atoms. The van der Waals surface area contributed by atoms with Crippen LogP contribution in [0.4, 0.5) is 0 Å². The second-order valence-corrected chi connectivity index (χ2v) is 10.0. The van der Waals surface area contributed by atoms with Gasteiger partial charge in [0.25, 0.3) is 28.7 Å². The van der Waals surface area contributed by atoms with Crippen molar-refractivity contribution >= 4 is 46.7 Å². The van der Waals surface area contributed by atoms with Gasteiger partial charge in [-0.05, 0) is 85.7 Å². The topological polar surface area (TPSA) is 205 Å². The van der Waals surface area contributed by atoms with E-state index in [1.165, 1.54) is 57.9 Å². The number of aromatic amines is 4. The number of nitrogens with one attached hydrogen (secondary N) is 4.